The Morgan fingerprint density at radius 2 is 2.16 bits per heavy atom. The first-order valence-corrected chi connectivity index (χ1v) is 8.42. The molecular formula is C18H22N4O3. The zero-order valence-corrected chi connectivity index (χ0v) is 14.3. The smallest absolute Gasteiger partial charge is 0.272 e. The van der Waals surface area contributed by atoms with Gasteiger partial charge in [-0.3, -0.25) is 14.3 Å². The van der Waals surface area contributed by atoms with E-state index in [1.165, 1.54) is 0 Å². The van der Waals surface area contributed by atoms with Crippen LogP contribution in [0.4, 0.5) is 0 Å². The Kier molecular flexibility index (Phi) is 5.02. The lowest BCUT2D eigenvalue weighted by molar-refractivity contribution is -0.117. The van der Waals surface area contributed by atoms with Gasteiger partial charge in [0.15, 0.2) is 0 Å². The number of rotatable bonds is 5. The minimum atomic E-state index is -0.323. The summed E-state index contributed by atoms with van der Waals surface area (Å²) < 4.78 is 7.47. The zero-order chi connectivity index (χ0) is 17.8. The molecule has 7 nitrogen and oxygen atoms in total. The molecule has 7 heteroatoms. The topological polar surface area (TPSA) is 90.4 Å². The van der Waals surface area contributed by atoms with Crippen molar-refractivity contribution >= 4 is 11.8 Å². The summed E-state index contributed by atoms with van der Waals surface area (Å²) in [6, 6.07) is 7.56. The molecule has 0 saturated carbocycles. The molecule has 0 unspecified atom stereocenters. The number of amides is 2. The maximum atomic E-state index is 12.9. The summed E-state index contributed by atoms with van der Waals surface area (Å²) >= 11 is 0. The van der Waals surface area contributed by atoms with E-state index in [0.29, 0.717) is 44.8 Å². The molecule has 0 aliphatic carbocycles. The fraction of sp³-hybridized carbons (Fsp3) is 0.389. The van der Waals surface area contributed by atoms with E-state index in [9.17, 15) is 9.59 Å². The monoisotopic (exact) mass is 342 g/mol. The summed E-state index contributed by atoms with van der Waals surface area (Å²) in [6.45, 7) is 4.02. The predicted molar refractivity (Wildman–Crippen MR) is 92.1 cm³/mol. The van der Waals surface area contributed by atoms with Gasteiger partial charge in [-0.25, -0.2) is 0 Å². The van der Waals surface area contributed by atoms with Gasteiger partial charge in [-0.15, -0.1) is 0 Å². The number of carbonyl (C=O) groups excluding carboxylic acids is 2. The predicted octanol–water partition coefficient (Wildman–Crippen LogP) is 1.36. The molecule has 0 radical (unpaired) electrons. The third-order valence-electron chi connectivity index (χ3n) is 4.29. The largest absolute Gasteiger partial charge is 0.491 e. The summed E-state index contributed by atoms with van der Waals surface area (Å²) in [4.78, 5) is 25.6. The number of primary amides is 1. The Morgan fingerprint density at radius 3 is 2.92 bits per heavy atom. The maximum absolute atomic E-state index is 12.9. The number of nitrogens with zero attached hydrogens (tertiary/aromatic N) is 3. The number of fused-ring (bicyclic) bond motifs is 1. The van der Waals surface area contributed by atoms with Crippen LogP contribution in [0.25, 0.3) is 0 Å². The van der Waals surface area contributed by atoms with Gasteiger partial charge in [0, 0.05) is 31.3 Å². The molecule has 1 aliphatic rings. The van der Waals surface area contributed by atoms with E-state index in [1.54, 1.807) is 21.8 Å². The zero-order valence-electron chi connectivity index (χ0n) is 14.3. The molecule has 2 heterocycles. The summed E-state index contributed by atoms with van der Waals surface area (Å²) in [7, 11) is 0. The van der Waals surface area contributed by atoms with Gasteiger partial charge in [0.25, 0.3) is 5.91 Å². The van der Waals surface area contributed by atoms with E-state index in [0.717, 1.165) is 16.9 Å². The summed E-state index contributed by atoms with van der Waals surface area (Å²) in [5.74, 6) is 0.399. The molecule has 2 amide bonds. The van der Waals surface area contributed by atoms with Crippen LogP contribution in [-0.4, -0.2) is 39.6 Å². The number of aromatic nitrogens is 2. The first-order chi connectivity index (χ1) is 12.1. The maximum Gasteiger partial charge on any atom is 0.272 e. The van der Waals surface area contributed by atoms with Gasteiger partial charge in [0.2, 0.25) is 5.91 Å². The van der Waals surface area contributed by atoms with Gasteiger partial charge in [0.1, 0.15) is 18.1 Å². The Balaban J connectivity index is 1.81. The fourth-order valence-corrected chi connectivity index (χ4v) is 2.97. The van der Waals surface area contributed by atoms with E-state index < -0.39 is 0 Å². The Hall–Kier alpha value is -2.83. The van der Waals surface area contributed by atoms with E-state index in [2.05, 4.69) is 5.10 Å². The lowest BCUT2D eigenvalue weighted by Gasteiger charge is -2.20. The number of hydrogen-bond acceptors (Lipinski definition) is 4. The third kappa shape index (κ3) is 3.81. The standard InChI is InChI=1S/C18H22N4O3/c1-2-22-15(7-8-20-22)18(24)21-9-10-25-16-5-3-13(4-6-17(19)23)11-14(16)12-21/h3,5,7-8,11H,2,4,6,9-10,12H2,1H3,(H2,19,23). The van der Waals surface area contributed by atoms with Gasteiger partial charge >= 0.3 is 0 Å². The first-order valence-electron chi connectivity index (χ1n) is 8.42. The lowest BCUT2D eigenvalue weighted by Crippen LogP contribution is -2.34. The highest BCUT2D eigenvalue weighted by atomic mass is 16.5. The molecular weight excluding hydrogens is 320 g/mol. The average Bonchev–Trinajstić information content (AvgIpc) is 2.98. The number of benzene rings is 1. The van der Waals surface area contributed by atoms with Crippen molar-refractivity contribution in [2.24, 2.45) is 5.73 Å². The van der Waals surface area contributed by atoms with Crippen molar-refractivity contribution in [2.75, 3.05) is 13.2 Å². The van der Waals surface area contributed by atoms with Crippen molar-refractivity contribution in [1.82, 2.24) is 14.7 Å². The van der Waals surface area contributed by atoms with Crippen LogP contribution in [0.3, 0.4) is 0 Å². The van der Waals surface area contributed by atoms with Crippen molar-refractivity contribution in [3.8, 4) is 5.75 Å². The second kappa shape index (κ2) is 7.38. The quantitative estimate of drug-likeness (QED) is 0.888. The Labute approximate surface area is 146 Å². The average molecular weight is 342 g/mol. The lowest BCUT2D eigenvalue weighted by atomic mass is 10.0. The van der Waals surface area contributed by atoms with Crippen LogP contribution in [0.1, 0.15) is 35.0 Å². The molecule has 1 aromatic carbocycles. The molecule has 0 saturated heterocycles. The molecule has 2 N–H and O–H groups in total. The van der Waals surface area contributed by atoms with Crippen LogP contribution < -0.4 is 10.5 Å². The molecule has 0 fully saturated rings. The molecule has 0 spiro atoms. The Morgan fingerprint density at radius 1 is 1.32 bits per heavy atom. The minimum Gasteiger partial charge on any atom is -0.491 e. The van der Waals surface area contributed by atoms with Gasteiger partial charge in [-0.1, -0.05) is 12.1 Å². The van der Waals surface area contributed by atoms with Crippen molar-refractivity contribution in [3.63, 3.8) is 0 Å². The highest BCUT2D eigenvalue weighted by Gasteiger charge is 2.23. The number of nitrogens with two attached hydrogens (primary N) is 1. The molecule has 2 aromatic rings. The van der Waals surface area contributed by atoms with Gasteiger partial charge < -0.3 is 15.4 Å². The molecule has 132 valence electrons. The summed E-state index contributed by atoms with van der Waals surface area (Å²) in [5.41, 5.74) is 7.75. The first kappa shape index (κ1) is 17.0. The van der Waals surface area contributed by atoms with Crippen LogP contribution in [0.2, 0.25) is 0 Å². The van der Waals surface area contributed by atoms with Gasteiger partial charge in [-0.05, 0) is 31.0 Å². The van der Waals surface area contributed by atoms with E-state index in [-0.39, 0.29) is 11.8 Å². The SMILES string of the molecule is CCn1nccc1C(=O)N1CCOc2ccc(CCC(N)=O)cc2C1. The van der Waals surface area contributed by atoms with E-state index >= 15 is 0 Å². The van der Waals surface area contributed by atoms with Crippen molar-refractivity contribution in [1.29, 1.82) is 0 Å². The molecule has 1 aliphatic heterocycles. The van der Waals surface area contributed by atoms with Crippen LogP contribution in [0.5, 0.6) is 5.75 Å². The number of aryl methyl sites for hydroxylation is 2. The minimum absolute atomic E-state index is 0.0571. The number of ether oxygens (including phenoxy) is 1. The normalized spacial score (nSPS) is 13.7. The number of carbonyl (C=O) groups is 2. The highest BCUT2D eigenvalue weighted by molar-refractivity contribution is 5.92. The second-order valence-corrected chi connectivity index (χ2v) is 6.02. The van der Waals surface area contributed by atoms with E-state index in [1.807, 2.05) is 25.1 Å². The van der Waals surface area contributed by atoms with Gasteiger partial charge in [-0.2, -0.15) is 5.10 Å². The van der Waals surface area contributed by atoms with Crippen LogP contribution in [-0.2, 0) is 24.3 Å². The fourth-order valence-electron chi connectivity index (χ4n) is 2.97. The third-order valence-corrected chi connectivity index (χ3v) is 4.29. The van der Waals surface area contributed by atoms with Crippen molar-refractivity contribution < 1.29 is 14.3 Å². The number of hydrogen-bond donors (Lipinski definition) is 1. The molecule has 3 rings (SSSR count). The van der Waals surface area contributed by atoms with Crippen molar-refractivity contribution in [2.45, 2.75) is 32.9 Å². The molecule has 0 atom stereocenters. The van der Waals surface area contributed by atoms with E-state index in [4.69, 9.17) is 10.5 Å². The van der Waals surface area contributed by atoms with Crippen LogP contribution >= 0.6 is 0 Å². The van der Waals surface area contributed by atoms with Gasteiger partial charge in [0.05, 0.1) is 6.54 Å². The van der Waals surface area contributed by atoms with Crippen molar-refractivity contribution in [3.05, 3.63) is 47.3 Å². The summed E-state index contributed by atoms with van der Waals surface area (Å²) in [5, 5.41) is 4.17. The Bertz CT molecular complexity index is 784. The second-order valence-electron chi connectivity index (χ2n) is 6.02. The molecule has 1 aromatic heterocycles. The van der Waals surface area contributed by atoms with Crippen LogP contribution in [0, 0.1) is 0 Å². The van der Waals surface area contributed by atoms with Crippen LogP contribution in [0.15, 0.2) is 30.5 Å². The highest BCUT2D eigenvalue weighted by Crippen LogP contribution is 2.25. The molecule has 0 bridgehead atoms. The molecule has 25 heavy (non-hydrogen) atoms. The summed E-state index contributed by atoms with van der Waals surface area (Å²) in [6.07, 6.45) is 2.53.